The smallest absolute Gasteiger partial charge is 0.243 e. The second-order valence-electron chi connectivity index (χ2n) is 4.81. The lowest BCUT2D eigenvalue weighted by Crippen LogP contribution is -2.28. The predicted molar refractivity (Wildman–Crippen MR) is 73.4 cm³/mol. The van der Waals surface area contributed by atoms with E-state index < -0.39 is 10.0 Å². The summed E-state index contributed by atoms with van der Waals surface area (Å²) in [6, 6.07) is 6.38. The van der Waals surface area contributed by atoms with Crippen molar-refractivity contribution in [3.8, 4) is 5.75 Å². The summed E-state index contributed by atoms with van der Waals surface area (Å²) in [7, 11) is -1.95. The van der Waals surface area contributed by atoms with E-state index in [-0.39, 0.29) is 10.8 Å². The van der Waals surface area contributed by atoms with E-state index >= 15 is 0 Å². The summed E-state index contributed by atoms with van der Waals surface area (Å²) < 4.78 is 36.3. The van der Waals surface area contributed by atoms with E-state index in [9.17, 15) is 8.42 Å². The first-order chi connectivity index (χ1) is 10.1. The minimum atomic E-state index is -3.50. The fourth-order valence-corrected chi connectivity index (χ4v) is 3.91. The van der Waals surface area contributed by atoms with Crippen LogP contribution in [0.5, 0.6) is 5.75 Å². The van der Waals surface area contributed by atoms with E-state index in [0.717, 1.165) is 0 Å². The number of methoxy groups -OCH3 is 1. The Bertz CT molecular complexity index is 698. The first-order valence-electron chi connectivity index (χ1n) is 6.52. The van der Waals surface area contributed by atoms with Crippen LogP contribution < -0.4 is 4.74 Å². The number of benzene rings is 1. The predicted octanol–water partition coefficient (Wildman–Crippen LogP) is 1.26. The molecule has 0 N–H and O–H groups in total. The van der Waals surface area contributed by atoms with E-state index in [4.69, 9.17) is 9.26 Å². The van der Waals surface area contributed by atoms with E-state index in [1.165, 1.54) is 10.7 Å². The van der Waals surface area contributed by atoms with Crippen molar-refractivity contribution in [1.82, 2.24) is 14.4 Å². The fourth-order valence-electron chi connectivity index (χ4n) is 2.41. The molecule has 2 aromatic rings. The van der Waals surface area contributed by atoms with E-state index in [0.29, 0.717) is 31.1 Å². The lowest BCUT2D eigenvalue weighted by atomic mass is 10.1. The molecular formula is C13H15N3O4S. The molecular weight excluding hydrogens is 294 g/mol. The van der Waals surface area contributed by atoms with Crippen molar-refractivity contribution < 1.29 is 17.7 Å². The summed E-state index contributed by atoms with van der Waals surface area (Å²) >= 11 is 0. The molecule has 112 valence electrons. The number of sulfonamides is 1. The first-order valence-corrected chi connectivity index (χ1v) is 7.96. The Labute approximate surface area is 122 Å². The van der Waals surface area contributed by atoms with Gasteiger partial charge in [0.05, 0.1) is 12.0 Å². The summed E-state index contributed by atoms with van der Waals surface area (Å²) in [5, 5.41) is 3.79. The molecule has 3 rings (SSSR count). The van der Waals surface area contributed by atoms with Gasteiger partial charge >= 0.3 is 0 Å². The highest BCUT2D eigenvalue weighted by Gasteiger charge is 2.34. The monoisotopic (exact) mass is 309 g/mol. The molecule has 1 atom stereocenters. The average molecular weight is 309 g/mol. The molecule has 0 bridgehead atoms. The zero-order valence-corrected chi connectivity index (χ0v) is 12.3. The van der Waals surface area contributed by atoms with Crippen LogP contribution >= 0.6 is 0 Å². The van der Waals surface area contributed by atoms with Gasteiger partial charge < -0.3 is 9.26 Å². The summed E-state index contributed by atoms with van der Waals surface area (Å²) in [4.78, 5) is 4.26. The maximum Gasteiger partial charge on any atom is 0.243 e. The van der Waals surface area contributed by atoms with Crippen LogP contribution in [0.25, 0.3) is 0 Å². The fraction of sp³-hybridized carbons (Fsp3) is 0.385. The van der Waals surface area contributed by atoms with Gasteiger partial charge in [-0.3, -0.25) is 0 Å². The molecule has 7 nitrogen and oxygen atoms in total. The molecule has 1 unspecified atom stereocenters. The average Bonchev–Trinajstić information content (AvgIpc) is 3.18. The minimum Gasteiger partial charge on any atom is -0.497 e. The van der Waals surface area contributed by atoms with Crippen LogP contribution in [-0.4, -0.2) is 43.1 Å². The molecule has 0 saturated carbocycles. The quantitative estimate of drug-likeness (QED) is 0.845. The van der Waals surface area contributed by atoms with Gasteiger partial charge in [0, 0.05) is 19.0 Å². The summed E-state index contributed by atoms with van der Waals surface area (Å²) in [5.41, 5.74) is 0. The third-order valence-electron chi connectivity index (χ3n) is 3.59. The highest BCUT2D eigenvalue weighted by atomic mass is 32.2. The highest BCUT2D eigenvalue weighted by Crippen LogP contribution is 2.29. The molecule has 0 radical (unpaired) electrons. The minimum absolute atomic E-state index is 0.0169. The Kier molecular flexibility index (Phi) is 3.64. The standard InChI is InChI=1S/C13H15N3O4S/c1-19-11-2-4-12(5-3-11)21(17,18)16-7-6-10(8-16)13-14-9-20-15-13/h2-5,9-10H,6-8H2,1H3. The van der Waals surface area contributed by atoms with Gasteiger partial charge in [-0.2, -0.15) is 9.29 Å². The number of hydrogen-bond acceptors (Lipinski definition) is 6. The lowest BCUT2D eigenvalue weighted by Gasteiger charge is -2.16. The molecule has 0 spiro atoms. The van der Waals surface area contributed by atoms with Gasteiger partial charge in [0.15, 0.2) is 5.82 Å². The topological polar surface area (TPSA) is 85.5 Å². The van der Waals surface area contributed by atoms with E-state index in [1.807, 2.05) is 0 Å². The van der Waals surface area contributed by atoms with Crippen LogP contribution in [0.2, 0.25) is 0 Å². The van der Waals surface area contributed by atoms with Crippen LogP contribution in [0.3, 0.4) is 0 Å². The van der Waals surface area contributed by atoms with Crippen molar-refractivity contribution in [2.75, 3.05) is 20.2 Å². The van der Waals surface area contributed by atoms with Gasteiger partial charge in [0.2, 0.25) is 16.4 Å². The Balaban J connectivity index is 1.79. The second-order valence-corrected chi connectivity index (χ2v) is 6.75. The Hall–Kier alpha value is -1.93. The molecule has 21 heavy (non-hydrogen) atoms. The number of hydrogen-bond donors (Lipinski definition) is 0. The lowest BCUT2D eigenvalue weighted by molar-refractivity contribution is 0.403. The molecule has 1 aromatic heterocycles. The Morgan fingerprint density at radius 1 is 1.33 bits per heavy atom. The molecule has 1 aliphatic rings. The van der Waals surface area contributed by atoms with Crippen molar-refractivity contribution in [2.45, 2.75) is 17.2 Å². The normalized spacial score (nSPS) is 19.8. The molecule has 1 aromatic carbocycles. The first kappa shape index (κ1) is 14.0. The summed E-state index contributed by atoms with van der Waals surface area (Å²) in [6.07, 6.45) is 1.95. The molecule has 2 heterocycles. The van der Waals surface area contributed by atoms with Crippen LogP contribution in [-0.2, 0) is 10.0 Å². The second kappa shape index (κ2) is 5.45. The number of ether oxygens (including phenoxy) is 1. The molecule has 0 aliphatic carbocycles. The van der Waals surface area contributed by atoms with Crippen molar-refractivity contribution in [1.29, 1.82) is 0 Å². The van der Waals surface area contributed by atoms with Crippen LogP contribution in [0, 0.1) is 0 Å². The summed E-state index contributed by atoms with van der Waals surface area (Å²) in [6.45, 7) is 0.821. The molecule has 0 amide bonds. The van der Waals surface area contributed by atoms with Crippen LogP contribution in [0.4, 0.5) is 0 Å². The maximum atomic E-state index is 12.6. The van der Waals surface area contributed by atoms with Crippen molar-refractivity contribution in [3.63, 3.8) is 0 Å². The van der Waals surface area contributed by atoms with Crippen LogP contribution in [0.15, 0.2) is 40.1 Å². The number of rotatable bonds is 4. The van der Waals surface area contributed by atoms with Gasteiger partial charge in [-0.15, -0.1) is 0 Å². The van der Waals surface area contributed by atoms with Gasteiger partial charge in [-0.05, 0) is 30.7 Å². The largest absolute Gasteiger partial charge is 0.497 e. The van der Waals surface area contributed by atoms with Gasteiger partial charge in [0.1, 0.15) is 5.75 Å². The summed E-state index contributed by atoms with van der Waals surface area (Å²) in [5.74, 6) is 1.17. The number of nitrogens with zero attached hydrogens (tertiary/aromatic N) is 3. The van der Waals surface area contributed by atoms with E-state index in [2.05, 4.69) is 10.1 Å². The van der Waals surface area contributed by atoms with Gasteiger partial charge in [-0.1, -0.05) is 5.16 Å². The molecule has 1 aliphatic heterocycles. The van der Waals surface area contributed by atoms with Crippen molar-refractivity contribution >= 4 is 10.0 Å². The van der Waals surface area contributed by atoms with Crippen molar-refractivity contribution in [2.24, 2.45) is 0 Å². The number of aromatic nitrogens is 2. The third kappa shape index (κ3) is 2.64. The SMILES string of the molecule is COc1ccc(S(=O)(=O)N2CCC(c3ncon3)C2)cc1. The molecule has 1 saturated heterocycles. The zero-order chi connectivity index (χ0) is 14.9. The highest BCUT2D eigenvalue weighted by molar-refractivity contribution is 7.89. The van der Waals surface area contributed by atoms with Crippen LogP contribution in [0.1, 0.15) is 18.2 Å². The van der Waals surface area contributed by atoms with Crippen molar-refractivity contribution in [3.05, 3.63) is 36.5 Å². The third-order valence-corrected chi connectivity index (χ3v) is 5.47. The van der Waals surface area contributed by atoms with E-state index in [1.54, 1.807) is 31.4 Å². The van der Waals surface area contributed by atoms with Gasteiger partial charge in [-0.25, -0.2) is 8.42 Å². The Morgan fingerprint density at radius 2 is 2.10 bits per heavy atom. The Morgan fingerprint density at radius 3 is 2.71 bits per heavy atom. The molecule has 8 heteroatoms. The molecule has 1 fully saturated rings. The maximum absolute atomic E-state index is 12.6. The van der Waals surface area contributed by atoms with Gasteiger partial charge in [0.25, 0.3) is 0 Å². The zero-order valence-electron chi connectivity index (χ0n) is 11.5.